The monoisotopic (exact) mass is 474 g/mol. The summed E-state index contributed by atoms with van der Waals surface area (Å²) in [7, 11) is 0. The van der Waals surface area contributed by atoms with Crippen LogP contribution in [-0.2, 0) is 4.79 Å². The summed E-state index contributed by atoms with van der Waals surface area (Å²) >= 11 is 12.3. The van der Waals surface area contributed by atoms with Crippen LogP contribution in [0.2, 0.25) is 10.0 Å². The molecule has 170 valence electrons. The molecule has 1 aliphatic heterocycles. The van der Waals surface area contributed by atoms with Crippen LogP contribution in [-0.4, -0.2) is 33.3 Å². The first kappa shape index (κ1) is 24.3. The third kappa shape index (κ3) is 5.33. The van der Waals surface area contributed by atoms with E-state index in [0.29, 0.717) is 27.7 Å². The van der Waals surface area contributed by atoms with Crippen molar-refractivity contribution in [3.8, 4) is 0 Å². The summed E-state index contributed by atoms with van der Waals surface area (Å²) in [6, 6.07) is 11.5. The first-order valence-electron chi connectivity index (χ1n) is 10.5. The molecule has 0 fully saturated rings. The summed E-state index contributed by atoms with van der Waals surface area (Å²) in [4.78, 5) is 31.5. The van der Waals surface area contributed by atoms with E-state index in [9.17, 15) is 14.7 Å². The van der Waals surface area contributed by atoms with Crippen LogP contribution in [0.25, 0.3) is 0 Å². The zero-order chi connectivity index (χ0) is 23.8. The topological polar surface area (TPSA) is 70.0 Å². The largest absolute Gasteiger partial charge is 0.478 e. The fourth-order valence-corrected chi connectivity index (χ4v) is 4.53. The second kappa shape index (κ2) is 8.87. The molecule has 0 bridgehead atoms. The van der Waals surface area contributed by atoms with Crippen molar-refractivity contribution in [1.82, 2.24) is 4.90 Å². The highest BCUT2D eigenvalue weighted by Gasteiger charge is 2.45. The molecule has 32 heavy (non-hydrogen) atoms. The predicted octanol–water partition coefficient (Wildman–Crippen LogP) is 6.63. The van der Waals surface area contributed by atoms with Crippen molar-refractivity contribution >= 4 is 40.8 Å². The Kier molecular flexibility index (Phi) is 6.73. The number of hydrogen-bond donors (Lipinski definition) is 1. The van der Waals surface area contributed by atoms with Crippen LogP contribution in [0.15, 0.2) is 47.5 Å². The molecule has 3 rings (SSSR count). The highest BCUT2D eigenvalue weighted by molar-refractivity contribution is 6.47. The minimum absolute atomic E-state index is 0.0658. The summed E-state index contributed by atoms with van der Waals surface area (Å²) in [6.07, 6.45) is 1.58. The maximum atomic E-state index is 13.7. The fraction of sp³-hybridized carbons (Fsp3) is 0.400. The van der Waals surface area contributed by atoms with Crippen LogP contribution in [0.3, 0.4) is 0 Å². The van der Waals surface area contributed by atoms with E-state index in [2.05, 4.69) is 20.8 Å². The summed E-state index contributed by atoms with van der Waals surface area (Å²) < 4.78 is 0. The standard InChI is InChI=1S/C25H28Cl2N2O3/c1-24(2,3)11-10-20(15-6-8-16(9-7-15)23(31)32)29-22(30)21(28-25(29,4)5)17-12-18(26)14-19(27)13-17/h6-9,12-14,20H,10-11H2,1-5H3,(H,31,32)/t20-/m1/s1. The van der Waals surface area contributed by atoms with Gasteiger partial charge >= 0.3 is 5.97 Å². The Hall–Kier alpha value is -2.37. The number of hydrogen-bond acceptors (Lipinski definition) is 3. The zero-order valence-electron chi connectivity index (χ0n) is 18.9. The molecule has 5 nitrogen and oxygen atoms in total. The van der Waals surface area contributed by atoms with Crippen LogP contribution in [0.1, 0.15) is 75.0 Å². The number of halogens is 2. The lowest BCUT2D eigenvalue weighted by molar-refractivity contribution is -0.130. The molecule has 2 aromatic carbocycles. The van der Waals surface area contributed by atoms with Gasteiger partial charge in [0.15, 0.2) is 0 Å². The van der Waals surface area contributed by atoms with Gasteiger partial charge in [-0.1, -0.05) is 56.1 Å². The number of carbonyl (C=O) groups excluding carboxylic acids is 1. The Bertz CT molecular complexity index is 1050. The number of amides is 1. The minimum atomic E-state index is -0.983. The summed E-state index contributed by atoms with van der Waals surface area (Å²) in [5, 5.41) is 10.1. The van der Waals surface area contributed by atoms with Crippen molar-refractivity contribution in [3.63, 3.8) is 0 Å². The van der Waals surface area contributed by atoms with Crippen LogP contribution in [0, 0.1) is 5.41 Å². The highest BCUT2D eigenvalue weighted by atomic mass is 35.5. The average Bonchev–Trinajstić information content (AvgIpc) is 2.90. The molecule has 1 amide bonds. The number of carboxylic acid groups (broad SMARTS) is 1. The normalized spacial score (nSPS) is 16.8. The number of aromatic carboxylic acids is 1. The maximum absolute atomic E-state index is 13.7. The lowest BCUT2D eigenvalue weighted by Crippen LogP contribution is -2.45. The van der Waals surface area contributed by atoms with Crippen molar-refractivity contribution in [1.29, 1.82) is 0 Å². The smallest absolute Gasteiger partial charge is 0.335 e. The van der Waals surface area contributed by atoms with Crippen LogP contribution in [0.5, 0.6) is 0 Å². The summed E-state index contributed by atoms with van der Waals surface area (Å²) in [5.74, 6) is -1.18. The molecule has 1 heterocycles. The van der Waals surface area contributed by atoms with E-state index in [1.165, 1.54) is 0 Å². The molecule has 7 heteroatoms. The van der Waals surface area contributed by atoms with E-state index in [0.717, 1.165) is 12.0 Å². The molecule has 0 saturated heterocycles. The van der Waals surface area contributed by atoms with Gasteiger partial charge in [-0.05, 0) is 68.0 Å². The summed E-state index contributed by atoms with van der Waals surface area (Å²) in [6.45, 7) is 10.3. The predicted molar refractivity (Wildman–Crippen MR) is 129 cm³/mol. The minimum Gasteiger partial charge on any atom is -0.478 e. The molecule has 0 radical (unpaired) electrons. The van der Waals surface area contributed by atoms with Gasteiger partial charge in [0.1, 0.15) is 11.4 Å². The first-order valence-corrected chi connectivity index (χ1v) is 11.3. The second-order valence-corrected chi connectivity index (χ2v) is 10.7. The van der Waals surface area contributed by atoms with Gasteiger partial charge in [-0.15, -0.1) is 0 Å². The van der Waals surface area contributed by atoms with Gasteiger partial charge in [0.05, 0.1) is 11.6 Å². The Balaban J connectivity index is 2.03. The number of benzene rings is 2. The lowest BCUT2D eigenvalue weighted by atomic mass is 9.86. The number of nitrogens with zero attached hydrogens (tertiary/aromatic N) is 2. The van der Waals surface area contributed by atoms with Crippen molar-refractivity contribution in [2.24, 2.45) is 10.4 Å². The van der Waals surface area contributed by atoms with Gasteiger partial charge < -0.3 is 10.0 Å². The molecule has 1 N–H and O–H groups in total. The van der Waals surface area contributed by atoms with Crippen LogP contribution < -0.4 is 0 Å². The highest BCUT2D eigenvalue weighted by Crippen LogP contribution is 2.40. The van der Waals surface area contributed by atoms with E-state index >= 15 is 0 Å². The second-order valence-electron chi connectivity index (χ2n) is 9.83. The number of rotatable bonds is 6. The van der Waals surface area contributed by atoms with Gasteiger partial charge in [-0.25, -0.2) is 4.79 Å². The van der Waals surface area contributed by atoms with Crippen LogP contribution >= 0.6 is 23.2 Å². The number of carboxylic acids is 1. The third-order valence-electron chi connectivity index (χ3n) is 5.55. The first-order chi connectivity index (χ1) is 14.8. The van der Waals surface area contributed by atoms with E-state index in [-0.39, 0.29) is 22.9 Å². The molecule has 0 saturated carbocycles. The van der Waals surface area contributed by atoms with Crippen molar-refractivity contribution in [2.45, 2.75) is 59.2 Å². The molecule has 0 aliphatic carbocycles. The molecule has 0 aromatic heterocycles. The number of aliphatic imine (C=N–C) groups is 1. The molecule has 1 aliphatic rings. The molecule has 0 unspecified atom stereocenters. The van der Waals surface area contributed by atoms with E-state index in [4.69, 9.17) is 28.2 Å². The Morgan fingerprint density at radius 1 is 1.09 bits per heavy atom. The molecule has 2 aromatic rings. The van der Waals surface area contributed by atoms with Gasteiger partial charge in [0, 0.05) is 15.6 Å². The van der Waals surface area contributed by atoms with Crippen molar-refractivity contribution in [2.75, 3.05) is 0 Å². The van der Waals surface area contributed by atoms with E-state index in [1.807, 2.05) is 13.8 Å². The van der Waals surface area contributed by atoms with Gasteiger partial charge in [-0.2, -0.15) is 0 Å². The van der Waals surface area contributed by atoms with E-state index < -0.39 is 11.6 Å². The maximum Gasteiger partial charge on any atom is 0.335 e. The third-order valence-corrected chi connectivity index (χ3v) is 5.99. The van der Waals surface area contributed by atoms with Crippen LogP contribution in [0.4, 0.5) is 0 Å². The van der Waals surface area contributed by atoms with Gasteiger partial charge in [0.2, 0.25) is 0 Å². The lowest BCUT2D eigenvalue weighted by Gasteiger charge is -2.38. The van der Waals surface area contributed by atoms with Gasteiger partial charge in [0.25, 0.3) is 5.91 Å². The Morgan fingerprint density at radius 3 is 2.16 bits per heavy atom. The average molecular weight is 475 g/mol. The molecule has 1 atom stereocenters. The molecular weight excluding hydrogens is 447 g/mol. The SMILES string of the molecule is CC(C)(C)CC[C@H](c1ccc(C(=O)O)cc1)N1C(=O)C(c2cc(Cl)cc(Cl)c2)=NC1(C)C. The van der Waals surface area contributed by atoms with E-state index in [1.54, 1.807) is 47.4 Å². The Labute approximate surface area is 199 Å². The molecule has 0 spiro atoms. The zero-order valence-corrected chi connectivity index (χ0v) is 20.5. The molecular formula is C25H28Cl2N2O3. The van der Waals surface area contributed by atoms with Gasteiger partial charge in [-0.3, -0.25) is 9.79 Å². The quantitative estimate of drug-likeness (QED) is 0.510. The van der Waals surface area contributed by atoms with Crippen molar-refractivity contribution in [3.05, 3.63) is 69.2 Å². The number of carbonyl (C=O) groups is 2. The Morgan fingerprint density at radius 2 is 1.66 bits per heavy atom. The fourth-order valence-electron chi connectivity index (χ4n) is 4.00. The summed E-state index contributed by atoms with van der Waals surface area (Å²) in [5.41, 5.74) is 1.26. The van der Waals surface area contributed by atoms with Crippen molar-refractivity contribution < 1.29 is 14.7 Å².